The SMILES string of the molecule is CCCCN1N=C(C)/C(=C2\C(=O)C(c3ccc(N(CCOCCN(CC)c4ccc(/C=N/N5CCCC5)cc4)CCOCCN(CC)c4ccc(/C=N/N5CCCC5)cc4)cc3NC(=O)c3c(Br)cc(Br)cc3Br)=C2O)C1=O. The van der Waals surface area contributed by atoms with E-state index in [1.165, 1.54) is 30.7 Å². The summed E-state index contributed by atoms with van der Waals surface area (Å²) in [5.74, 6) is -1.72. The predicted octanol–water partition coefficient (Wildman–Crippen LogP) is 11.1. The van der Waals surface area contributed by atoms with Gasteiger partial charge in [0.2, 0.25) is 5.78 Å². The Bertz CT molecular complexity index is 2810. The highest BCUT2D eigenvalue weighted by atomic mass is 79.9. The van der Waals surface area contributed by atoms with E-state index in [1.807, 2.05) is 31.5 Å². The van der Waals surface area contributed by atoms with E-state index in [-0.39, 0.29) is 28.2 Å². The minimum atomic E-state index is -0.512. The maximum Gasteiger partial charge on any atom is 0.276 e. The van der Waals surface area contributed by atoms with Crippen molar-refractivity contribution in [3.63, 3.8) is 0 Å². The second-order valence-corrected chi connectivity index (χ2v) is 22.2. The lowest BCUT2D eigenvalue weighted by molar-refractivity contribution is -0.126. The number of hydrazone groups is 3. The summed E-state index contributed by atoms with van der Waals surface area (Å²) < 4.78 is 14.5. The maximum absolute atomic E-state index is 14.3. The molecular formula is C59H71Br3N10O6. The topological polar surface area (TPSA) is 158 Å². The average molecular weight is 1260 g/mol. The number of ether oxygens (including phenoxy) is 2. The van der Waals surface area contributed by atoms with Gasteiger partial charge in [-0.25, -0.2) is 5.01 Å². The molecule has 19 heteroatoms. The first-order chi connectivity index (χ1) is 37.9. The monoisotopic (exact) mass is 1250 g/mol. The molecular weight excluding hydrogens is 1180 g/mol. The number of ketones is 1. The smallest absolute Gasteiger partial charge is 0.276 e. The number of carbonyl (C=O) groups excluding carboxylic acids is 3. The van der Waals surface area contributed by atoms with E-state index in [0.717, 1.165) is 84.8 Å². The second-order valence-electron chi connectivity index (χ2n) is 19.6. The van der Waals surface area contributed by atoms with E-state index in [1.54, 1.807) is 25.1 Å². The highest BCUT2D eigenvalue weighted by Gasteiger charge is 2.43. The summed E-state index contributed by atoms with van der Waals surface area (Å²) >= 11 is 10.6. The number of unbranched alkanes of at least 4 members (excludes halogenated alkanes) is 1. The summed E-state index contributed by atoms with van der Waals surface area (Å²) in [6, 6.07) is 25.9. The molecule has 0 radical (unpaired) electrons. The number of likely N-dealkylation sites (N-methyl/N-ethyl adjacent to an activating group) is 2. The number of nitrogens with zero attached hydrogens (tertiary/aromatic N) is 9. The largest absolute Gasteiger partial charge is 0.506 e. The van der Waals surface area contributed by atoms with Crippen molar-refractivity contribution in [1.82, 2.24) is 15.0 Å². The molecule has 2 N–H and O–H groups in total. The normalized spacial score (nSPS) is 16.6. The molecule has 4 aromatic rings. The highest BCUT2D eigenvalue weighted by Crippen LogP contribution is 2.43. The van der Waals surface area contributed by atoms with Gasteiger partial charge in [-0.05, 0) is 150 Å². The van der Waals surface area contributed by atoms with Crippen LogP contribution in [0.3, 0.4) is 0 Å². The molecule has 16 nitrogen and oxygen atoms in total. The molecule has 0 bridgehead atoms. The number of allylic oxidation sites excluding steroid dienone is 2. The molecule has 4 aromatic carbocycles. The molecule has 3 aliphatic heterocycles. The molecule has 78 heavy (non-hydrogen) atoms. The van der Waals surface area contributed by atoms with Gasteiger partial charge < -0.3 is 34.6 Å². The Hall–Kier alpha value is -5.86. The summed E-state index contributed by atoms with van der Waals surface area (Å²) in [6.45, 7) is 18.1. The molecule has 0 unspecified atom stereocenters. The number of halogens is 3. The lowest BCUT2D eigenvalue weighted by atomic mass is 9.79. The van der Waals surface area contributed by atoms with Crippen molar-refractivity contribution in [2.75, 3.05) is 118 Å². The van der Waals surface area contributed by atoms with Crippen molar-refractivity contribution in [3.05, 3.63) is 131 Å². The van der Waals surface area contributed by atoms with Crippen molar-refractivity contribution in [1.29, 1.82) is 0 Å². The zero-order chi connectivity index (χ0) is 55.1. The van der Waals surface area contributed by atoms with Crippen molar-refractivity contribution in [2.24, 2.45) is 15.3 Å². The van der Waals surface area contributed by atoms with Crippen molar-refractivity contribution in [2.45, 2.75) is 66.2 Å². The van der Waals surface area contributed by atoms with Gasteiger partial charge in [0.15, 0.2) is 0 Å². The molecule has 0 spiro atoms. The van der Waals surface area contributed by atoms with E-state index in [9.17, 15) is 19.5 Å². The lowest BCUT2D eigenvalue weighted by Gasteiger charge is -2.29. The minimum absolute atomic E-state index is 0.00484. The van der Waals surface area contributed by atoms with Crippen LogP contribution in [0.2, 0.25) is 0 Å². The van der Waals surface area contributed by atoms with Gasteiger partial charge in [0.05, 0.1) is 72.5 Å². The third kappa shape index (κ3) is 14.7. The lowest BCUT2D eigenvalue weighted by Crippen LogP contribution is -2.33. The number of hydrogen-bond donors (Lipinski definition) is 2. The number of benzene rings is 4. The molecule has 3 heterocycles. The third-order valence-corrected chi connectivity index (χ3v) is 16.0. The fourth-order valence-corrected chi connectivity index (χ4v) is 12.5. The summed E-state index contributed by atoms with van der Waals surface area (Å²) in [6.07, 6.45) is 10.2. The molecule has 8 rings (SSSR count). The zero-order valence-corrected chi connectivity index (χ0v) is 49.9. The van der Waals surface area contributed by atoms with Gasteiger partial charge in [-0.2, -0.15) is 15.3 Å². The van der Waals surface area contributed by atoms with Gasteiger partial charge in [-0.1, -0.05) is 53.5 Å². The molecule has 2 amide bonds. The van der Waals surface area contributed by atoms with Gasteiger partial charge in [-0.3, -0.25) is 24.4 Å². The summed E-state index contributed by atoms with van der Waals surface area (Å²) in [7, 11) is 0. The number of aliphatic hydroxyl groups excluding tert-OH is 1. The van der Waals surface area contributed by atoms with E-state index in [0.29, 0.717) is 84.9 Å². The van der Waals surface area contributed by atoms with Crippen molar-refractivity contribution < 1.29 is 29.0 Å². The molecule has 1 aliphatic carbocycles. The van der Waals surface area contributed by atoms with E-state index in [4.69, 9.17) is 9.47 Å². The van der Waals surface area contributed by atoms with Gasteiger partial charge in [0.1, 0.15) is 5.76 Å². The van der Waals surface area contributed by atoms with E-state index >= 15 is 0 Å². The summed E-state index contributed by atoms with van der Waals surface area (Å²) in [5, 5.41) is 34.1. The predicted molar refractivity (Wildman–Crippen MR) is 325 cm³/mol. The molecule has 414 valence electrons. The standard InChI is InChI=1S/C59H71Br3N10O6/c1-5-8-27-72-59(76)52(41(4)66-72)55-56(73)53(57(55)74)48-22-21-47(38-51(48)65-58(75)54-49(61)36-44(60)37-50(54)62)69(30-34-77-32-28-67(6-2)45-17-13-42(14-18-45)39-63-70-23-9-10-24-70)31-35-78-33-29-68(7-3)46-19-15-43(16-20-46)40-64-71-25-11-12-26-71/h13-22,36-40,73H,5-12,23-35H2,1-4H3,(H,65,75)/b55-52+,63-39+,64-40+. The van der Waals surface area contributed by atoms with Gasteiger partial charge in [-0.15, -0.1) is 0 Å². The number of anilines is 4. The van der Waals surface area contributed by atoms with Gasteiger partial charge in [0, 0.05) is 108 Å². The zero-order valence-electron chi connectivity index (χ0n) is 45.2. The maximum atomic E-state index is 14.3. The number of aliphatic hydroxyl groups is 1. The second kappa shape index (κ2) is 28.3. The molecule has 4 aliphatic rings. The van der Waals surface area contributed by atoms with Crippen LogP contribution in [-0.4, -0.2) is 154 Å². The van der Waals surface area contributed by atoms with Crippen LogP contribution < -0.4 is 20.0 Å². The Morgan fingerprint density at radius 3 is 1.64 bits per heavy atom. The van der Waals surface area contributed by atoms with Crippen LogP contribution >= 0.6 is 47.8 Å². The molecule has 0 aromatic heterocycles. The number of rotatable bonds is 27. The number of carbonyl (C=O) groups is 3. The Morgan fingerprint density at radius 2 is 1.17 bits per heavy atom. The highest BCUT2D eigenvalue weighted by molar-refractivity contribution is 9.11. The Balaban J connectivity index is 1.00. The van der Waals surface area contributed by atoms with Crippen molar-refractivity contribution in [3.8, 4) is 0 Å². The molecule has 0 atom stereocenters. The van der Waals surface area contributed by atoms with Crippen LogP contribution in [0, 0.1) is 0 Å². The van der Waals surface area contributed by atoms with Crippen LogP contribution in [0.4, 0.5) is 22.7 Å². The van der Waals surface area contributed by atoms with Crippen LogP contribution in [-0.2, 0) is 19.1 Å². The van der Waals surface area contributed by atoms with Gasteiger partial charge >= 0.3 is 0 Å². The van der Waals surface area contributed by atoms with Crippen molar-refractivity contribution >= 4 is 112 Å². The average Bonchev–Trinajstić information content (AvgIpc) is 4.23. The number of amides is 2. The fourth-order valence-electron chi connectivity index (χ4n) is 9.87. The Kier molecular flexibility index (Phi) is 21.2. The van der Waals surface area contributed by atoms with Crippen LogP contribution in [0.1, 0.15) is 93.3 Å². The molecule has 2 fully saturated rings. The third-order valence-electron chi connectivity index (χ3n) is 14.3. The molecule has 0 saturated carbocycles. The van der Waals surface area contributed by atoms with E-state index in [2.05, 4.69) is 156 Å². The summed E-state index contributed by atoms with van der Waals surface area (Å²) in [4.78, 5) is 48.8. The van der Waals surface area contributed by atoms with Crippen LogP contribution in [0.25, 0.3) is 5.57 Å². The first-order valence-corrected chi connectivity index (χ1v) is 29.6. The number of nitrogens with one attached hydrogen (secondary N) is 1. The minimum Gasteiger partial charge on any atom is -0.506 e. The first kappa shape index (κ1) is 58.3. The van der Waals surface area contributed by atoms with Crippen LogP contribution in [0.5, 0.6) is 0 Å². The Morgan fingerprint density at radius 1 is 0.679 bits per heavy atom. The Labute approximate surface area is 484 Å². The number of Topliss-reactive ketones (excluding diaryl/α,β-unsaturated/α-hetero) is 1. The molecule has 2 saturated heterocycles. The first-order valence-electron chi connectivity index (χ1n) is 27.3. The van der Waals surface area contributed by atoms with Gasteiger partial charge in [0.25, 0.3) is 11.8 Å². The fraction of sp³-hybridized carbons (Fsp3) is 0.424. The van der Waals surface area contributed by atoms with Crippen LogP contribution in [0.15, 0.2) is 124 Å². The quantitative estimate of drug-likeness (QED) is 0.0332. The number of hydrogen-bond acceptors (Lipinski definition) is 14. The van der Waals surface area contributed by atoms with E-state index < -0.39 is 17.6 Å². The summed E-state index contributed by atoms with van der Waals surface area (Å²) in [5.41, 5.74) is 6.37.